The Bertz CT molecular complexity index is 925. The molecule has 0 radical (unpaired) electrons. The second-order valence-electron chi connectivity index (χ2n) is 6.00. The first-order valence-corrected chi connectivity index (χ1v) is 8.84. The first-order valence-electron chi connectivity index (χ1n) is 8.46. The highest BCUT2D eigenvalue weighted by Crippen LogP contribution is 2.25. The van der Waals surface area contributed by atoms with Crippen LogP contribution in [0.15, 0.2) is 60.8 Å². The number of hydrogen-bond acceptors (Lipinski definition) is 4. The largest absolute Gasteiger partial charge is 0.497 e. The van der Waals surface area contributed by atoms with Crippen molar-refractivity contribution in [2.75, 3.05) is 12.4 Å². The summed E-state index contributed by atoms with van der Waals surface area (Å²) in [4.78, 5) is 16.6. The third-order valence-electron chi connectivity index (χ3n) is 4.17. The molecule has 0 saturated carbocycles. The predicted octanol–water partition coefficient (Wildman–Crippen LogP) is 4.73. The average molecular weight is 382 g/mol. The number of carbonyl (C=O) groups is 1. The minimum atomic E-state index is -0.177. The van der Waals surface area contributed by atoms with E-state index in [1.807, 2.05) is 49.4 Å². The number of hydrogen-bond donors (Lipinski definition) is 2. The zero-order chi connectivity index (χ0) is 19.2. The van der Waals surface area contributed by atoms with Crippen LogP contribution < -0.4 is 15.4 Å². The summed E-state index contributed by atoms with van der Waals surface area (Å²) in [7, 11) is 1.62. The highest BCUT2D eigenvalue weighted by Gasteiger charge is 2.08. The smallest absolute Gasteiger partial charge is 0.253 e. The normalized spacial score (nSPS) is 10.3. The van der Waals surface area contributed by atoms with E-state index in [2.05, 4.69) is 15.6 Å². The van der Waals surface area contributed by atoms with Crippen LogP contribution in [-0.4, -0.2) is 18.0 Å². The molecule has 5 nitrogen and oxygen atoms in total. The van der Waals surface area contributed by atoms with Gasteiger partial charge >= 0.3 is 0 Å². The number of methoxy groups -OCH3 is 1. The van der Waals surface area contributed by atoms with E-state index < -0.39 is 0 Å². The van der Waals surface area contributed by atoms with E-state index in [1.54, 1.807) is 25.4 Å². The Hall–Kier alpha value is -3.05. The molecule has 0 aliphatic heterocycles. The van der Waals surface area contributed by atoms with Gasteiger partial charge in [0.05, 0.1) is 12.7 Å². The molecule has 0 spiro atoms. The van der Waals surface area contributed by atoms with E-state index in [9.17, 15) is 4.79 Å². The number of benzene rings is 2. The van der Waals surface area contributed by atoms with Crippen LogP contribution in [0.25, 0.3) is 0 Å². The van der Waals surface area contributed by atoms with Gasteiger partial charge in [-0.15, -0.1) is 0 Å². The first-order chi connectivity index (χ1) is 13.1. The number of pyridine rings is 1. The number of ether oxygens (including phenoxy) is 1. The molecule has 1 aromatic heterocycles. The molecule has 27 heavy (non-hydrogen) atoms. The number of nitrogens with zero attached hydrogens (tertiary/aromatic N) is 1. The molecule has 0 bridgehead atoms. The fourth-order valence-corrected chi connectivity index (χ4v) is 2.69. The molecule has 1 amide bonds. The van der Waals surface area contributed by atoms with Gasteiger partial charge in [0, 0.05) is 23.5 Å². The Morgan fingerprint density at radius 3 is 2.56 bits per heavy atom. The lowest BCUT2D eigenvalue weighted by Gasteiger charge is -2.10. The molecule has 3 rings (SSSR count). The zero-order valence-electron chi connectivity index (χ0n) is 15.1. The molecule has 6 heteroatoms. The van der Waals surface area contributed by atoms with Crippen LogP contribution >= 0.6 is 11.6 Å². The van der Waals surface area contributed by atoms with Gasteiger partial charge in [-0.25, -0.2) is 4.98 Å². The second kappa shape index (κ2) is 8.56. The van der Waals surface area contributed by atoms with E-state index >= 15 is 0 Å². The zero-order valence-corrected chi connectivity index (χ0v) is 15.9. The van der Waals surface area contributed by atoms with Gasteiger partial charge in [0.25, 0.3) is 5.91 Å². The van der Waals surface area contributed by atoms with Gasteiger partial charge in [-0.3, -0.25) is 4.79 Å². The summed E-state index contributed by atoms with van der Waals surface area (Å²) in [6.45, 7) is 2.37. The summed E-state index contributed by atoms with van der Waals surface area (Å²) in [5, 5.41) is 6.78. The number of carbonyl (C=O) groups excluding carboxylic acids is 1. The standard InChI is InChI=1S/C21H20ClN3O2/c1-14-18(22)4-3-5-19(14)25-20-11-8-16(13-23-20)21(26)24-12-15-6-9-17(27-2)10-7-15/h3-11,13H,12H2,1-2H3,(H,23,25)(H,24,26). The maximum Gasteiger partial charge on any atom is 0.253 e. The van der Waals surface area contributed by atoms with Crippen molar-refractivity contribution in [1.82, 2.24) is 10.3 Å². The first kappa shape index (κ1) is 18.7. The van der Waals surface area contributed by atoms with Crippen molar-refractivity contribution in [2.24, 2.45) is 0 Å². The fraction of sp³-hybridized carbons (Fsp3) is 0.143. The van der Waals surface area contributed by atoms with Crippen LogP contribution in [0.3, 0.4) is 0 Å². The van der Waals surface area contributed by atoms with E-state index in [4.69, 9.17) is 16.3 Å². The van der Waals surface area contributed by atoms with Crippen molar-refractivity contribution in [1.29, 1.82) is 0 Å². The van der Waals surface area contributed by atoms with Crippen LogP contribution in [0.4, 0.5) is 11.5 Å². The summed E-state index contributed by atoms with van der Waals surface area (Å²) in [5.74, 6) is 1.25. The predicted molar refractivity (Wildman–Crippen MR) is 108 cm³/mol. The minimum Gasteiger partial charge on any atom is -0.497 e. The van der Waals surface area contributed by atoms with Crippen molar-refractivity contribution >= 4 is 29.0 Å². The molecule has 0 saturated heterocycles. The molecule has 2 N–H and O–H groups in total. The summed E-state index contributed by atoms with van der Waals surface area (Å²) in [6.07, 6.45) is 1.55. The van der Waals surface area contributed by atoms with Gasteiger partial charge in [0.1, 0.15) is 11.6 Å². The quantitative estimate of drug-likeness (QED) is 0.648. The lowest BCUT2D eigenvalue weighted by atomic mass is 10.2. The Balaban J connectivity index is 1.60. The minimum absolute atomic E-state index is 0.177. The van der Waals surface area contributed by atoms with Crippen molar-refractivity contribution in [3.8, 4) is 5.75 Å². The highest BCUT2D eigenvalue weighted by molar-refractivity contribution is 6.31. The summed E-state index contributed by atoms with van der Waals surface area (Å²) < 4.78 is 5.12. The van der Waals surface area contributed by atoms with E-state index in [0.717, 1.165) is 22.6 Å². The average Bonchev–Trinajstić information content (AvgIpc) is 2.70. The molecule has 2 aromatic carbocycles. The van der Waals surface area contributed by atoms with Gasteiger partial charge in [0.2, 0.25) is 0 Å². The number of aromatic nitrogens is 1. The molecule has 0 aliphatic carbocycles. The number of halogens is 1. The number of nitrogens with one attached hydrogen (secondary N) is 2. The molecule has 0 unspecified atom stereocenters. The van der Waals surface area contributed by atoms with Crippen LogP contribution in [0, 0.1) is 6.92 Å². The molecular weight excluding hydrogens is 362 g/mol. The molecule has 138 valence electrons. The van der Waals surface area contributed by atoms with E-state index in [-0.39, 0.29) is 5.91 Å². The Kier molecular flexibility index (Phi) is 5.94. The number of rotatable bonds is 6. The van der Waals surface area contributed by atoms with E-state index in [0.29, 0.717) is 22.9 Å². The summed E-state index contributed by atoms with van der Waals surface area (Å²) in [5.41, 5.74) is 3.32. The third kappa shape index (κ3) is 4.77. The summed E-state index contributed by atoms with van der Waals surface area (Å²) >= 11 is 6.13. The van der Waals surface area contributed by atoms with E-state index in [1.165, 1.54) is 0 Å². The molecule has 0 atom stereocenters. The SMILES string of the molecule is COc1ccc(CNC(=O)c2ccc(Nc3cccc(Cl)c3C)nc2)cc1. The molecule has 0 fully saturated rings. The van der Waals surface area contributed by atoms with Gasteiger partial charge in [-0.05, 0) is 54.4 Å². The molecule has 3 aromatic rings. The maximum absolute atomic E-state index is 12.3. The molecular formula is C21H20ClN3O2. The van der Waals surface area contributed by atoms with Crippen molar-refractivity contribution in [3.05, 3.63) is 82.5 Å². The van der Waals surface area contributed by atoms with Crippen molar-refractivity contribution in [3.63, 3.8) is 0 Å². The Morgan fingerprint density at radius 2 is 1.89 bits per heavy atom. The van der Waals surface area contributed by atoms with Gasteiger partial charge in [-0.2, -0.15) is 0 Å². The topological polar surface area (TPSA) is 63.2 Å². The highest BCUT2D eigenvalue weighted by atomic mass is 35.5. The second-order valence-corrected chi connectivity index (χ2v) is 6.41. The molecule has 1 heterocycles. The van der Waals surface area contributed by atoms with Gasteiger partial charge in [0.15, 0.2) is 0 Å². The fourth-order valence-electron chi connectivity index (χ4n) is 2.51. The maximum atomic E-state index is 12.3. The lowest BCUT2D eigenvalue weighted by molar-refractivity contribution is 0.0950. The van der Waals surface area contributed by atoms with Gasteiger partial charge in [-0.1, -0.05) is 29.8 Å². The van der Waals surface area contributed by atoms with Crippen LogP contribution in [-0.2, 0) is 6.54 Å². The monoisotopic (exact) mass is 381 g/mol. The number of anilines is 2. The van der Waals surface area contributed by atoms with Crippen molar-refractivity contribution < 1.29 is 9.53 Å². The van der Waals surface area contributed by atoms with Crippen LogP contribution in [0.1, 0.15) is 21.5 Å². The van der Waals surface area contributed by atoms with Crippen molar-refractivity contribution in [2.45, 2.75) is 13.5 Å². The Morgan fingerprint density at radius 1 is 1.11 bits per heavy atom. The third-order valence-corrected chi connectivity index (χ3v) is 4.58. The summed E-state index contributed by atoms with van der Waals surface area (Å²) in [6, 6.07) is 16.7. The number of amides is 1. The van der Waals surface area contributed by atoms with Gasteiger partial charge < -0.3 is 15.4 Å². The Labute approximate surface area is 163 Å². The molecule has 0 aliphatic rings. The lowest BCUT2D eigenvalue weighted by Crippen LogP contribution is -2.22. The van der Waals surface area contributed by atoms with Crippen LogP contribution in [0.5, 0.6) is 5.75 Å². The van der Waals surface area contributed by atoms with Crippen LogP contribution in [0.2, 0.25) is 5.02 Å².